The highest BCUT2D eigenvalue weighted by atomic mass is 35.5. The van der Waals surface area contributed by atoms with Crippen LogP contribution in [0.3, 0.4) is 0 Å². The first kappa shape index (κ1) is 24.6. The first-order valence-corrected chi connectivity index (χ1v) is 10.2. The molecule has 13 heteroatoms. The zero-order valence-electron chi connectivity index (χ0n) is 17.1. The van der Waals surface area contributed by atoms with E-state index in [0.29, 0.717) is 0 Å². The molecule has 2 aromatic rings. The molecule has 3 rings (SSSR count). The van der Waals surface area contributed by atoms with Crippen molar-refractivity contribution >= 4 is 58.1 Å². The van der Waals surface area contributed by atoms with E-state index in [1.807, 2.05) is 0 Å². The van der Waals surface area contributed by atoms with Crippen LogP contribution in [0.2, 0.25) is 15.1 Å². The molecule has 0 atom stereocenters. The van der Waals surface area contributed by atoms with E-state index in [1.54, 1.807) is 12.1 Å². The summed E-state index contributed by atoms with van der Waals surface area (Å²) in [7, 11) is 2.22. The van der Waals surface area contributed by atoms with Gasteiger partial charge in [-0.3, -0.25) is 10.1 Å². The van der Waals surface area contributed by atoms with Crippen LogP contribution in [0.25, 0.3) is 0 Å². The lowest BCUT2D eigenvalue weighted by Crippen LogP contribution is -2.39. The molecule has 0 bridgehead atoms. The van der Waals surface area contributed by atoms with E-state index >= 15 is 0 Å². The number of benzene rings is 2. The van der Waals surface area contributed by atoms with Crippen LogP contribution < -0.4 is 9.64 Å². The summed E-state index contributed by atoms with van der Waals surface area (Å²) in [5, 5.41) is 12.0. The van der Waals surface area contributed by atoms with Crippen molar-refractivity contribution in [1.82, 2.24) is 0 Å². The molecule has 1 heterocycles. The van der Waals surface area contributed by atoms with Crippen molar-refractivity contribution in [1.29, 1.82) is 0 Å². The monoisotopic (exact) mass is 516 g/mol. The molecule has 33 heavy (non-hydrogen) atoms. The molecule has 0 unspecified atom stereocenters. The van der Waals surface area contributed by atoms with Crippen LogP contribution in [0.5, 0.6) is 11.5 Å². The van der Waals surface area contributed by atoms with E-state index in [1.165, 1.54) is 12.1 Å². The first-order chi connectivity index (χ1) is 15.7. The molecular weight excluding hydrogens is 503 g/mol. The number of ether oxygens (including phenoxy) is 4. The van der Waals surface area contributed by atoms with Crippen molar-refractivity contribution in [2.75, 3.05) is 32.5 Å². The van der Waals surface area contributed by atoms with Gasteiger partial charge in [-0.1, -0.05) is 40.9 Å². The van der Waals surface area contributed by atoms with Crippen molar-refractivity contribution in [3.8, 4) is 11.5 Å². The third kappa shape index (κ3) is 4.98. The number of halogens is 3. The largest absolute Gasteiger partial charge is 0.466 e. The molecule has 0 saturated heterocycles. The lowest BCUT2D eigenvalue weighted by molar-refractivity contribution is -0.384. The van der Waals surface area contributed by atoms with Crippen LogP contribution in [-0.4, -0.2) is 44.4 Å². The molecule has 0 aliphatic carbocycles. The molecular formula is C20H15Cl3N2O8. The second-order valence-corrected chi connectivity index (χ2v) is 7.59. The van der Waals surface area contributed by atoms with Gasteiger partial charge in [0.2, 0.25) is 0 Å². The molecule has 0 aromatic heterocycles. The number of anilines is 1. The quantitative estimate of drug-likeness (QED) is 0.304. The number of nitrogens with zero attached hydrogens (tertiary/aromatic N) is 2. The number of carbonyl (C=O) groups excluding carboxylic acids is 2. The Morgan fingerprint density at radius 1 is 1.06 bits per heavy atom. The van der Waals surface area contributed by atoms with Gasteiger partial charge in [0, 0.05) is 12.1 Å². The third-order valence-electron chi connectivity index (χ3n) is 4.49. The SMILES string of the molecule is COC(=O)C1=C(C(=O)OC)N(c2cc(Oc3cccc(Cl)c3Cl)c(Cl)cc2[N+](=O)[O-])COC1. The zero-order chi connectivity index (χ0) is 24.3. The van der Waals surface area contributed by atoms with Crippen LogP contribution in [0.15, 0.2) is 41.6 Å². The van der Waals surface area contributed by atoms with Crippen LogP contribution >= 0.6 is 34.8 Å². The van der Waals surface area contributed by atoms with E-state index in [4.69, 9.17) is 53.8 Å². The Bertz CT molecular complexity index is 1170. The van der Waals surface area contributed by atoms with Crippen molar-refractivity contribution < 1.29 is 33.5 Å². The van der Waals surface area contributed by atoms with Gasteiger partial charge in [-0.2, -0.15) is 0 Å². The maximum absolute atomic E-state index is 12.5. The molecule has 0 fully saturated rings. The minimum Gasteiger partial charge on any atom is -0.466 e. The van der Waals surface area contributed by atoms with Crippen molar-refractivity contribution in [2.45, 2.75) is 0 Å². The summed E-state index contributed by atoms with van der Waals surface area (Å²) in [5.74, 6) is -1.68. The predicted molar refractivity (Wildman–Crippen MR) is 119 cm³/mol. The molecule has 0 spiro atoms. The molecule has 1 aliphatic rings. The fourth-order valence-corrected chi connectivity index (χ4v) is 3.51. The Morgan fingerprint density at radius 2 is 1.76 bits per heavy atom. The van der Waals surface area contributed by atoms with Gasteiger partial charge in [0.05, 0.1) is 41.4 Å². The minimum atomic E-state index is -0.927. The zero-order valence-corrected chi connectivity index (χ0v) is 19.4. The number of hydrogen-bond donors (Lipinski definition) is 0. The molecule has 0 amide bonds. The van der Waals surface area contributed by atoms with Gasteiger partial charge >= 0.3 is 11.9 Å². The number of nitro groups is 1. The molecule has 10 nitrogen and oxygen atoms in total. The van der Waals surface area contributed by atoms with Gasteiger partial charge in [0.15, 0.2) is 0 Å². The number of nitro benzene ring substituents is 1. The van der Waals surface area contributed by atoms with Gasteiger partial charge < -0.3 is 23.8 Å². The number of esters is 2. The highest BCUT2D eigenvalue weighted by Crippen LogP contribution is 2.43. The fourth-order valence-electron chi connectivity index (χ4n) is 2.99. The van der Waals surface area contributed by atoms with Crippen LogP contribution in [0.4, 0.5) is 11.4 Å². The summed E-state index contributed by atoms with van der Waals surface area (Å²) in [6.07, 6.45) is 0. The second kappa shape index (κ2) is 10.3. The Labute approximate surface area is 202 Å². The number of rotatable bonds is 6. The second-order valence-electron chi connectivity index (χ2n) is 6.40. The van der Waals surface area contributed by atoms with Gasteiger partial charge in [-0.25, -0.2) is 9.59 Å². The Kier molecular flexibility index (Phi) is 7.65. The van der Waals surface area contributed by atoms with Gasteiger partial charge in [-0.05, 0) is 12.1 Å². The normalized spacial score (nSPS) is 13.5. The Balaban J connectivity index is 2.20. The lowest BCUT2D eigenvalue weighted by atomic mass is 10.1. The average Bonchev–Trinajstić information content (AvgIpc) is 2.81. The van der Waals surface area contributed by atoms with E-state index in [-0.39, 0.29) is 56.9 Å². The fraction of sp³-hybridized carbons (Fsp3) is 0.200. The summed E-state index contributed by atoms with van der Waals surface area (Å²) in [6.45, 7) is -0.582. The van der Waals surface area contributed by atoms with Gasteiger partial charge in [0.1, 0.15) is 34.6 Å². The van der Waals surface area contributed by atoms with Crippen LogP contribution in [0.1, 0.15) is 0 Å². The number of carbonyl (C=O) groups is 2. The van der Waals surface area contributed by atoms with E-state index in [2.05, 4.69) is 0 Å². The van der Waals surface area contributed by atoms with Crippen LogP contribution in [0, 0.1) is 10.1 Å². The Morgan fingerprint density at radius 3 is 2.39 bits per heavy atom. The summed E-state index contributed by atoms with van der Waals surface area (Å²) in [6, 6.07) is 6.90. The summed E-state index contributed by atoms with van der Waals surface area (Å²) in [5.41, 5.74) is -1.10. The standard InChI is InChI=1S/C20H15Cl3N2O8/c1-30-19(26)10-8-32-9-24(18(10)20(27)31-2)13-7-16(12(22)6-14(13)25(28)29)33-15-5-3-4-11(21)17(15)23/h3-7H,8-9H2,1-2H3. The molecule has 2 aromatic carbocycles. The maximum atomic E-state index is 12.5. The average molecular weight is 518 g/mol. The lowest BCUT2D eigenvalue weighted by Gasteiger charge is -2.31. The van der Waals surface area contributed by atoms with E-state index in [9.17, 15) is 19.7 Å². The molecule has 0 saturated carbocycles. The van der Waals surface area contributed by atoms with Crippen molar-refractivity contribution in [3.63, 3.8) is 0 Å². The number of methoxy groups -OCH3 is 2. The maximum Gasteiger partial charge on any atom is 0.355 e. The summed E-state index contributed by atoms with van der Waals surface area (Å²) in [4.78, 5) is 36.9. The predicted octanol–water partition coefficient (Wildman–Crippen LogP) is 4.74. The molecule has 0 radical (unpaired) electrons. The first-order valence-electron chi connectivity index (χ1n) is 9.04. The van der Waals surface area contributed by atoms with Gasteiger partial charge in [0.25, 0.3) is 5.69 Å². The molecule has 174 valence electrons. The smallest absolute Gasteiger partial charge is 0.355 e. The molecule has 1 aliphatic heterocycles. The highest BCUT2D eigenvalue weighted by molar-refractivity contribution is 6.43. The summed E-state index contributed by atoms with van der Waals surface area (Å²) < 4.78 is 20.6. The highest BCUT2D eigenvalue weighted by Gasteiger charge is 2.36. The van der Waals surface area contributed by atoms with E-state index < -0.39 is 22.5 Å². The Hall–Kier alpha value is -3.05. The van der Waals surface area contributed by atoms with Crippen molar-refractivity contribution in [3.05, 3.63) is 66.8 Å². The third-order valence-corrected chi connectivity index (χ3v) is 5.58. The minimum absolute atomic E-state index is 0.0316. The van der Waals surface area contributed by atoms with Crippen LogP contribution in [-0.2, 0) is 23.8 Å². The topological polar surface area (TPSA) is 117 Å². The summed E-state index contributed by atoms with van der Waals surface area (Å²) >= 11 is 18.4. The number of hydrogen-bond acceptors (Lipinski definition) is 9. The van der Waals surface area contributed by atoms with E-state index in [0.717, 1.165) is 25.2 Å². The molecule has 0 N–H and O–H groups in total. The van der Waals surface area contributed by atoms with Gasteiger partial charge in [-0.15, -0.1) is 0 Å². The van der Waals surface area contributed by atoms with Crippen molar-refractivity contribution in [2.24, 2.45) is 0 Å².